The van der Waals surface area contributed by atoms with Crippen molar-refractivity contribution in [1.29, 1.82) is 0 Å². The highest BCUT2D eigenvalue weighted by Crippen LogP contribution is 2.25. The Kier molecular flexibility index (Phi) is 6.99. The molecule has 0 amide bonds. The molecule has 0 bridgehead atoms. The van der Waals surface area contributed by atoms with Crippen LogP contribution in [0.3, 0.4) is 0 Å². The molecule has 23 heavy (non-hydrogen) atoms. The summed E-state index contributed by atoms with van der Waals surface area (Å²) in [7, 11) is 0. The van der Waals surface area contributed by atoms with Crippen molar-refractivity contribution in [2.24, 2.45) is 0 Å². The molecule has 0 saturated heterocycles. The Labute approximate surface area is 139 Å². The Morgan fingerprint density at radius 2 is 1.87 bits per heavy atom. The number of benzene rings is 2. The highest BCUT2D eigenvalue weighted by Gasteiger charge is 2.06. The van der Waals surface area contributed by atoms with Gasteiger partial charge in [-0.25, -0.2) is 0 Å². The first kappa shape index (κ1) is 16.9. The molecule has 0 heterocycles. The van der Waals surface area contributed by atoms with Gasteiger partial charge in [-0.1, -0.05) is 42.5 Å². The summed E-state index contributed by atoms with van der Waals surface area (Å²) >= 11 is 0. The van der Waals surface area contributed by atoms with Gasteiger partial charge < -0.3 is 9.47 Å². The molecule has 2 aromatic rings. The van der Waals surface area contributed by atoms with Crippen LogP contribution in [0, 0.1) is 6.07 Å². The van der Waals surface area contributed by atoms with Crippen molar-refractivity contribution < 1.29 is 9.47 Å². The molecule has 0 spiro atoms. The molecule has 2 nitrogen and oxygen atoms in total. The summed E-state index contributed by atoms with van der Waals surface area (Å²) in [5.74, 6) is 1.57. The molecule has 0 atom stereocenters. The van der Waals surface area contributed by atoms with Gasteiger partial charge in [0.1, 0.15) is 18.1 Å². The van der Waals surface area contributed by atoms with Gasteiger partial charge in [-0.05, 0) is 37.0 Å². The number of hydrogen-bond acceptors (Lipinski definition) is 2. The Balaban J connectivity index is 1.99. The second kappa shape index (κ2) is 9.52. The minimum absolute atomic E-state index is 0.543. The van der Waals surface area contributed by atoms with Crippen LogP contribution in [0.2, 0.25) is 0 Å². The van der Waals surface area contributed by atoms with E-state index in [4.69, 9.17) is 9.47 Å². The summed E-state index contributed by atoms with van der Waals surface area (Å²) in [5.41, 5.74) is 2.19. The van der Waals surface area contributed by atoms with Crippen molar-refractivity contribution in [3.8, 4) is 11.5 Å². The van der Waals surface area contributed by atoms with Crippen LogP contribution < -0.4 is 9.47 Å². The second-order valence-corrected chi connectivity index (χ2v) is 5.24. The summed E-state index contributed by atoms with van der Waals surface area (Å²) in [5, 5.41) is 0. The van der Waals surface area contributed by atoms with Gasteiger partial charge in [0, 0.05) is 11.6 Å². The van der Waals surface area contributed by atoms with E-state index in [1.54, 1.807) is 0 Å². The lowest BCUT2D eigenvalue weighted by Gasteiger charge is -2.12. The van der Waals surface area contributed by atoms with Crippen LogP contribution in [-0.2, 0) is 13.0 Å². The van der Waals surface area contributed by atoms with E-state index in [1.807, 2.05) is 54.6 Å². The molecule has 2 rings (SSSR count). The fourth-order valence-electron chi connectivity index (χ4n) is 2.18. The number of rotatable bonds is 10. The van der Waals surface area contributed by atoms with Gasteiger partial charge in [0.2, 0.25) is 0 Å². The van der Waals surface area contributed by atoms with Gasteiger partial charge in [-0.15, -0.1) is 13.2 Å². The largest absolute Gasteiger partial charge is 0.493 e. The van der Waals surface area contributed by atoms with Crippen molar-refractivity contribution >= 4 is 0 Å². The van der Waals surface area contributed by atoms with E-state index >= 15 is 0 Å². The third-order valence-electron chi connectivity index (χ3n) is 3.37. The lowest BCUT2D eigenvalue weighted by Crippen LogP contribution is -2.01. The summed E-state index contributed by atoms with van der Waals surface area (Å²) in [4.78, 5) is 0. The van der Waals surface area contributed by atoms with Gasteiger partial charge in [0.25, 0.3) is 0 Å². The monoisotopic (exact) mass is 307 g/mol. The van der Waals surface area contributed by atoms with Crippen molar-refractivity contribution in [2.45, 2.75) is 25.9 Å². The Hall–Kier alpha value is -2.48. The summed E-state index contributed by atoms with van der Waals surface area (Å²) in [6, 6.07) is 17.1. The van der Waals surface area contributed by atoms with E-state index in [0.717, 1.165) is 41.9 Å². The van der Waals surface area contributed by atoms with Gasteiger partial charge in [0.05, 0.1) is 6.61 Å². The van der Waals surface area contributed by atoms with Crippen LogP contribution in [0.1, 0.15) is 24.0 Å². The predicted octanol–water partition coefficient (Wildman–Crippen LogP) is 5.14. The Morgan fingerprint density at radius 1 is 1.04 bits per heavy atom. The number of ether oxygens (including phenoxy) is 2. The van der Waals surface area contributed by atoms with Crippen molar-refractivity contribution in [1.82, 2.24) is 0 Å². The highest BCUT2D eigenvalue weighted by molar-refractivity contribution is 5.40. The molecule has 2 heteroatoms. The standard InChI is InChI=1S/C21H23O2/c1-3-5-9-15-22-21-14-13-20(16-19(21)10-4-2)23-17-18-11-7-6-8-12-18/h3-4,6-8,11-13,16H,1-2,5,9-10,15,17H2. The van der Waals surface area contributed by atoms with Crippen LogP contribution >= 0.6 is 0 Å². The van der Waals surface area contributed by atoms with E-state index in [9.17, 15) is 0 Å². The molecule has 0 unspecified atom stereocenters. The van der Waals surface area contributed by atoms with E-state index < -0.39 is 0 Å². The minimum atomic E-state index is 0.543. The molecular weight excluding hydrogens is 284 g/mol. The number of allylic oxidation sites excluding steroid dienone is 2. The van der Waals surface area contributed by atoms with E-state index in [-0.39, 0.29) is 0 Å². The van der Waals surface area contributed by atoms with Crippen molar-refractivity contribution in [3.05, 3.63) is 85.0 Å². The fourth-order valence-corrected chi connectivity index (χ4v) is 2.18. The highest BCUT2D eigenvalue weighted by atomic mass is 16.5. The zero-order valence-electron chi connectivity index (χ0n) is 13.5. The lowest BCUT2D eigenvalue weighted by atomic mass is 10.1. The second-order valence-electron chi connectivity index (χ2n) is 5.24. The Morgan fingerprint density at radius 3 is 2.61 bits per heavy atom. The fraction of sp³-hybridized carbons (Fsp3) is 0.238. The smallest absolute Gasteiger partial charge is 0.131 e. The van der Waals surface area contributed by atoms with E-state index in [0.29, 0.717) is 13.2 Å². The first-order valence-electron chi connectivity index (χ1n) is 7.89. The molecule has 0 N–H and O–H groups in total. The lowest BCUT2D eigenvalue weighted by molar-refractivity contribution is 0.297. The Bertz CT molecular complexity index is 617. The molecule has 0 aromatic heterocycles. The molecule has 0 aliphatic rings. The quantitative estimate of drug-likeness (QED) is 0.447. The molecule has 2 aromatic carbocycles. The van der Waals surface area contributed by atoms with Crippen LogP contribution in [0.15, 0.2) is 67.8 Å². The molecule has 119 valence electrons. The average molecular weight is 307 g/mol. The zero-order valence-corrected chi connectivity index (χ0v) is 13.5. The van der Waals surface area contributed by atoms with E-state index in [1.165, 1.54) is 0 Å². The van der Waals surface area contributed by atoms with Crippen LogP contribution in [0.4, 0.5) is 0 Å². The molecular formula is C21H23O2. The zero-order chi connectivity index (χ0) is 16.3. The van der Waals surface area contributed by atoms with Crippen LogP contribution in [0.25, 0.3) is 0 Å². The van der Waals surface area contributed by atoms with E-state index in [2.05, 4.69) is 19.2 Å². The SMILES string of the molecule is C=CCCCOc1[c]cc(OCc2ccccc2)cc1CC=C. The predicted molar refractivity (Wildman–Crippen MR) is 94.9 cm³/mol. The maximum absolute atomic E-state index is 5.84. The molecule has 0 aliphatic heterocycles. The summed E-state index contributed by atoms with van der Waals surface area (Å²) in [6.07, 6.45) is 6.40. The summed E-state index contributed by atoms with van der Waals surface area (Å²) in [6.45, 7) is 8.73. The maximum Gasteiger partial charge on any atom is 0.131 e. The number of hydrogen-bond donors (Lipinski definition) is 0. The van der Waals surface area contributed by atoms with Crippen LogP contribution in [-0.4, -0.2) is 6.61 Å². The van der Waals surface area contributed by atoms with Gasteiger partial charge in [-0.2, -0.15) is 0 Å². The third-order valence-corrected chi connectivity index (χ3v) is 3.37. The molecule has 0 fully saturated rings. The van der Waals surface area contributed by atoms with Gasteiger partial charge in [-0.3, -0.25) is 0 Å². The average Bonchev–Trinajstić information content (AvgIpc) is 2.59. The molecule has 1 radical (unpaired) electrons. The minimum Gasteiger partial charge on any atom is -0.493 e. The van der Waals surface area contributed by atoms with Gasteiger partial charge in [0.15, 0.2) is 0 Å². The third kappa shape index (κ3) is 5.67. The summed E-state index contributed by atoms with van der Waals surface area (Å²) < 4.78 is 11.6. The van der Waals surface area contributed by atoms with Gasteiger partial charge >= 0.3 is 0 Å². The first-order valence-corrected chi connectivity index (χ1v) is 7.89. The molecule has 0 aliphatic carbocycles. The number of unbranched alkanes of at least 4 members (excludes halogenated alkanes) is 1. The normalized spacial score (nSPS) is 10.1. The van der Waals surface area contributed by atoms with Crippen LogP contribution in [0.5, 0.6) is 11.5 Å². The van der Waals surface area contributed by atoms with Crippen molar-refractivity contribution in [2.75, 3.05) is 6.61 Å². The molecule has 0 saturated carbocycles. The van der Waals surface area contributed by atoms with Crippen molar-refractivity contribution in [3.63, 3.8) is 0 Å². The first-order chi connectivity index (χ1) is 11.3. The topological polar surface area (TPSA) is 18.5 Å². The maximum atomic E-state index is 5.84.